The van der Waals surface area contributed by atoms with Gasteiger partial charge < -0.3 is 10.1 Å². The molecule has 2 aliphatic rings. The number of alkyl halides is 1. The van der Waals surface area contributed by atoms with Crippen LogP contribution in [0.5, 0.6) is 0 Å². The largest absolute Gasteiger partial charge is 0.381 e. The second-order valence-corrected chi connectivity index (χ2v) is 6.37. The zero-order valence-electron chi connectivity index (χ0n) is 12.0. The summed E-state index contributed by atoms with van der Waals surface area (Å²) < 4.78 is 7.59. The molecule has 0 atom stereocenters. The number of ether oxygens (including phenoxy) is 1. The van der Waals surface area contributed by atoms with Crippen molar-refractivity contribution in [2.45, 2.75) is 56.7 Å². The quantitative estimate of drug-likeness (QED) is 0.850. The summed E-state index contributed by atoms with van der Waals surface area (Å²) in [7, 11) is 0. The molecule has 3 rings (SSSR count). The first-order valence-electron chi connectivity index (χ1n) is 7.74. The lowest BCUT2D eigenvalue weighted by atomic mass is 9.92. The first-order chi connectivity index (χ1) is 9.81. The number of nitrogens with one attached hydrogen (secondary N) is 1. The molecule has 1 aliphatic carbocycles. The Bertz CT molecular complexity index is 423. The third-order valence-electron chi connectivity index (χ3n) is 4.71. The van der Waals surface area contributed by atoms with Gasteiger partial charge in [-0.3, -0.25) is 4.68 Å². The van der Waals surface area contributed by atoms with Gasteiger partial charge in [-0.1, -0.05) is 12.8 Å². The van der Waals surface area contributed by atoms with Gasteiger partial charge in [-0.25, -0.2) is 0 Å². The third kappa shape index (κ3) is 3.18. The number of hydrogen-bond acceptors (Lipinski definition) is 3. The fraction of sp³-hybridized carbons (Fsp3) is 0.800. The number of halogens is 1. The van der Waals surface area contributed by atoms with Crippen LogP contribution in [0.2, 0.25) is 0 Å². The average molecular weight is 298 g/mol. The van der Waals surface area contributed by atoms with Gasteiger partial charge in [0.05, 0.1) is 11.7 Å². The van der Waals surface area contributed by atoms with Crippen molar-refractivity contribution in [3.63, 3.8) is 0 Å². The van der Waals surface area contributed by atoms with Crippen LogP contribution in [-0.4, -0.2) is 34.4 Å². The summed E-state index contributed by atoms with van der Waals surface area (Å²) in [6.45, 7) is 2.40. The summed E-state index contributed by atoms with van der Waals surface area (Å²) >= 11 is 6.17. The predicted molar refractivity (Wildman–Crippen MR) is 80.1 cm³/mol. The highest BCUT2D eigenvalue weighted by Gasteiger charge is 2.31. The molecule has 20 heavy (non-hydrogen) atoms. The molecule has 2 heterocycles. The Balaban J connectivity index is 1.57. The van der Waals surface area contributed by atoms with E-state index in [1.807, 2.05) is 0 Å². The maximum atomic E-state index is 6.17. The van der Waals surface area contributed by atoms with E-state index in [1.54, 1.807) is 0 Å². The zero-order chi connectivity index (χ0) is 13.8. The molecule has 4 nitrogen and oxygen atoms in total. The Morgan fingerprint density at radius 1 is 1.35 bits per heavy atom. The summed E-state index contributed by atoms with van der Waals surface area (Å²) in [5.41, 5.74) is 1.14. The Morgan fingerprint density at radius 2 is 2.10 bits per heavy atom. The van der Waals surface area contributed by atoms with Gasteiger partial charge in [-0.05, 0) is 31.7 Å². The Kier molecular flexibility index (Phi) is 4.64. The van der Waals surface area contributed by atoms with Gasteiger partial charge >= 0.3 is 0 Å². The van der Waals surface area contributed by atoms with Crippen LogP contribution in [0.1, 0.15) is 50.3 Å². The monoisotopic (exact) mass is 297 g/mol. The van der Waals surface area contributed by atoms with Crippen LogP contribution in [-0.2, 0) is 11.3 Å². The van der Waals surface area contributed by atoms with Crippen molar-refractivity contribution >= 4 is 11.6 Å². The van der Waals surface area contributed by atoms with E-state index in [1.165, 1.54) is 25.7 Å². The van der Waals surface area contributed by atoms with E-state index in [9.17, 15) is 0 Å². The summed E-state index contributed by atoms with van der Waals surface area (Å²) in [5, 5.41) is 8.34. The van der Waals surface area contributed by atoms with E-state index in [0.717, 1.165) is 38.3 Å². The maximum Gasteiger partial charge on any atom is 0.0762 e. The molecular formula is C15H24ClN3O. The first-order valence-corrected chi connectivity index (χ1v) is 8.28. The van der Waals surface area contributed by atoms with Crippen LogP contribution < -0.4 is 5.32 Å². The highest BCUT2D eigenvalue weighted by atomic mass is 35.5. The van der Waals surface area contributed by atoms with E-state index in [4.69, 9.17) is 21.4 Å². The molecule has 1 aliphatic heterocycles. The van der Waals surface area contributed by atoms with Crippen LogP contribution in [0.25, 0.3) is 0 Å². The normalized spacial score (nSPS) is 23.2. The Labute approximate surface area is 125 Å². The third-order valence-corrected chi connectivity index (χ3v) is 5.22. The second-order valence-electron chi connectivity index (χ2n) is 6.11. The molecule has 112 valence electrons. The van der Waals surface area contributed by atoms with Crippen LogP contribution in [0, 0.1) is 0 Å². The average Bonchev–Trinajstić information content (AvgIpc) is 3.17. The van der Waals surface area contributed by atoms with Gasteiger partial charge in [0.1, 0.15) is 0 Å². The highest BCUT2D eigenvalue weighted by molar-refractivity contribution is 6.18. The SMILES string of the molecule is ClCC1(NCc2ccn(C3CCCC3)n2)CCOCC1. The lowest BCUT2D eigenvalue weighted by Gasteiger charge is -2.36. The van der Waals surface area contributed by atoms with Gasteiger partial charge in [0.15, 0.2) is 0 Å². The van der Waals surface area contributed by atoms with Gasteiger partial charge in [0.2, 0.25) is 0 Å². The Morgan fingerprint density at radius 3 is 2.80 bits per heavy atom. The molecule has 1 saturated heterocycles. The lowest BCUT2D eigenvalue weighted by Crippen LogP contribution is -2.50. The molecule has 1 N–H and O–H groups in total. The summed E-state index contributed by atoms with van der Waals surface area (Å²) in [5.74, 6) is 0.639. The molecule has 1 aromatic heterocycles. The van der Waals surface area contributed by atoms with Gasteiger partial charge in [0, 0.05) is 37.4 Å². The van der Waals surface area contributed by atoms with Crippen molar-refractivity contribution in [2.75, 3.05) is 19.1 Å². The van der Waals surface area contributed by atoms with Crippen LogP contribution >= 0.6 is 11.6 Å². The molecule has 0 bridgehead atoms. The van der Waals surface area contributed by atoms with Crippen molar-refractivity contribution in [3.05, 3.63) is 18.0 Å². The van der Waals surface area contributed by atoms with Crippen molar-refractivity contribution in [1.82, 2.24) is 15.1 Å². The Hall–Kier alpha value is -0.580. The number of rotatable bonds is 5. The van der Waals surface area contributed by atoms with Crippen molar-refractivity contribution in [3.8, 4) is 0 Å². The van der Waals surface area contributed by atoms with Crippen LogP contribution in [0.3, 0.4) is 0 Å². The molecule has 0 aromatic carbocycles. The zero-order valence-corrected chi connectivity index (χ0v) is 12.7. The second kappa shape index (κ2) is 6.46. The molecule has 2 fully saturated rings. The van der Waals surface area contributed by atoms with Crippen molar-refractivity contribution < 1.29 is 4.74 Å². The molecule has 1 aromatic rings. The standard InChI is InChI=1S/C15H24ClN3O/c16-12-15(6-9-20-10-7-15)17-11-13-5-8-19(18-13)14-3-1-2-4-14/h5,8,14,17H,1-4,6-7,9-12H2. The number of hydrogen-bond donors (Lipinski definition) is 1. The molecule has 1 saturated carbocycles. The summed E-state index contributed by atoms with van der Waals surface area (Å²) in [4.78, 5) is 0. The smallest absolute Gasteiger partial charge is 0.0762 e. The molecule has 0 radical (unpaired) electrons. The minimum atomic E-state index is 0.0247. The molecule has 0 unspecified atom stereocenters. The molecule has 0 amide bonds. The number of nitrogens with zero attached hydrogens (tertiary/aromatic N) is 2. The lowest BCUT2D eigenvalue weighted by molar-refractivity contribution is 0.0457. The van der Waals surface area contributed by atoms with Gasteiger partial charge in [-0.15, -0.1) is 11.6 Å². The molecule has 5 heteroatoms. The first kappa shape index (κ1) is 14.4. The van der Waals surface area contributed by atoms with E-state index >= 15 is 0 Å². The molecule has 0 spiro atoms. The summed E-state index contributed by atoms with van der Waals surface area (Å²) in [6.07, 6.45) is 9.33. The van der Waals surface area contributed by atoms with Crippen LogP contribution in [0.15, 0.2) is 12.3 Å². The minimum absolute atomic E-state index is 0.0247. The summed E-state index contributed by atoms with van der Waals surface area (Å²) in [6, 6.07) is 2.75. The minimum Gasteiger partial charge on any atom is -0.381 e. The fourth-order valence-electron chi connectivity index (χ4n) is 3.24. The highest BCUT2D eigenvalue weighted by Crippen LogP contribution is 2.29. The van der Waals surface area contributed by atoms with Crippen LogP contribution in [0.4, 0.5) is 0 Å². The topological polar surface area (TPSA) is 39.1 Å². The van der Waals surface area contributed by atoms with E-state index < -0.39 is 0 Å². The van der Waals surface area contributed by atoms with Crippen molar-refractivity contribution in [2.24, 2.45) is 0 Å². The number of aromatic nitrogens is 2. The molecular weight excluding hydrogens is 274 g/mol. The predicted octanol–water partition coefficient (Wildman–Crippen LogP) is 2.88. The van der Waals surface area contributed by atoms with E-state index in [-0.39, 0.29) is 5.54 Å². The maximum absolute atomic E-state index is 6.17. The fourth-order valence-corrected chi connectivity index (χ4v) is 3.60. The van der Waals surface area contributed by atoms with Gasteiger partial charge in [-0.2, -0.15) is 5.10 Å². The van der Waals surface area contributed by atoms with Gasteiger partial charge in [0.25, 0.3) is 0 Å². The van der Waals surface area contributed by atoms with Crippen molar-refractivity contribution in [1.29, 1.82) is 0 Å². The van der Waals surface area contributed by atoms with E-state index in [0.29, 0.717) is 11.9 Å². The van der Waals surface area contributed by atoms with E-state index in [2.05, 4.69) is 22.3 Å².